The highest BCUT2D eigenvalue weighted by Gasteiger charge is 2.15. The summed E-state index contributed by atoms with van der Waals surface area (Å²) in [7, 11) is 0. The van der Waals surface area contributed by atoms with Gasteiger partial charge in [-0.05, 0) is 56.5 Å². The first-order valence-electron chi connectivity index (χ1n) is 7.62. The topological polar surface area (TPSA) is 58.4 Å². The highest BCUT2D eigenvalue weighted by molar-refractivity contribution is 6.31. The van der Waals surface area contributed by atoms with Gasteiger partial charge >= 0.3 is 0 Å². The zero-order valence-corrected chi connectivity index (χ0v) is 13.3. The minimum Gasteiger partial charge on any atom is -0.397 e. The van der Waals surface area contributed by atoms with Crippen molar-refractivity contribution in [3.05, 3.63) is 23.2 Å². The second kappa shape index (κ2) is 7.66. The van der Waals surface area contributed by atoms with Gasteiger partial charge in [0.05, 0.1) is 11.4 Å². The molecule has 0 saturated carbocycles. The van der Waals surface area contributed by atoms with Crippen molar-refractivity contribution in [1.82, 2.24) is 4.90 Å². The van der Waals surface area contributed by atoms with Gasteiger partial charge in [0, 0.05) is 18.0 Å². The van der Waals surface area contributed by atoms with E-state index in [2.05, 4.69) is 17.1 Å². The quantitative estimate of drug-likeness (QED) is 0.838. The number of amides is 1. The predicted octanol–water partition coefficient (Wildman–Crippen LogP) is 3.37. The van der Waals surface area contributed by atoms with Crippen molar-refractivity contribution in [2.45, 2.75) is 32.6 Å². The lowest BCUT2D eigenvalue weighted by Crippen LogP contribution is -2.29. The number of nitrogens with one attached hydrogen (secondary N) is 1. The Morgan fingerprint density at radius 3 is 3.05 bits per heavy atom. The second-order valence-electron chi connectivity index (χ2n) is 5.91. The van der Waals surface area contributed by atoms with Crippen LogP contribution in [0.4, 0.5) is 11.4 Å². The number of carbonyl (C=O) groups excluding carboxylic acids is 1. The fourth-order valence-corrected chi connectivity index (χ4v) is 2.83. The number of anilines is 2. The monoisotopic (exact) mass is 309 g/mol. The first kappa shape index (κ1) is 16.1. The van der Waals surface area contributed by atoms with Gasteiger partial charge in [-0.2, -0.15) is 0 Å². The number of carbonyl (C=O) groups is 1. The molecule has 1 atom stereocenters. The van der Waals surface area contributed by atoms with Crippen molar-refractivity contribution < 1.29 is 4.79 Å². The van der Waals surface area contributed by atoms with Gasteiger partial charge in [-0.15, -0.1) is 0 Å². The molecule has 116 valence electrons. The van der Waals surface area contributed by atoms with Gasteiger partial charge in [-0.25, -0.2) is 0 Å². The van der Waals surface area contributed by atoms with Crippen molar-refractivity contribution >= 4 is 28.9 Å². The van der Waals surface area contributed by atoms with Crippen molar-refractivity contribution in [2.75, 3.05) is 30.7 Å². The van der Waals surface area contributed by atoms with Crippen LogP contribution in [0.5, 0.6) is 0 Å². The van der Waals surface area contributed by atoms with Gasteiger partial charge < -0.3 is 16.0 Å². The summed E-state index contributed by atoms with van der Waals surface area (Å²) < 4.78 is 0. The smallest absolute Gasteiger partial charge is 0.225 e. The molecule has 0 aliphatic carbocycles. The minimum absolute atomic E-state index is 0.0127. The molecular weight excluding hydrogens is 286 g/mol. The van der Waals surface area contributed by atoms with E-state index in [1.165, 1.54) is 19.3 Å². The molecule has 1 aromatic rings. The van der Waals surface area contributed by atoms with E-state index in [9.17, 15) is 4.79 Å². The van der Waals surface area contributed by atoms with Crippen LogP contribution in [-0.2, 0) is 4.79 Å². The van der Waals surface area contributed by atoms with Crippen molar-refractivity contribution in [1.29, 1.82) is 0 Å². The van der Waals surface area contributed by atoms with Crippen LogP contribution in [-0.4, -0.2) is 30.4 Å². The molecule has 3 N–H and O–H groups in total. The molecular formula is C16H24ClN3O. The molecule has 1 aliphatic heterocycles. The normalized spacial score (nSPS) is 20.0. The predicted molar refractivity (Wildman–Crippen MR) is 88.6 cm³/mol. The summed E-state index contributed by atoms with van der Waals surface area (Å²) in [6, 6.07) is 5.10. The first-order chi connectivity index (χ1) is 10.0. The number of nitrogen functional groups attached to an aromatic ring is 1. The van der Waals surface area contributed by atoms with E-state index in [1.807, 2.05) is 0 Å². The van der Waals surface area contributed by atoms with E-state index in [0.717, 1.165) is 25.6 Å². The summed E-state index contributed by atoms with van der Waals surface area (Å²) >= 11 is 5.92. The third-order valence-corrected chi connectivity index (χ3v) is 4.29. The van der Waals surface area contributed by atoms with Crippen molar-refractivity contribution in [2.24, 2.45) is 5.92 Å². The average molecular weight is 310 g/mol. The Kier molecular flexibility index (Phi) is 5.88. The van der Waals surface area contributed by atoms with Crippen LogP contribution >= 0.6 is 11.6 Å². The fourth-order valence-electron chi connectivity index (χ4n) is 2.66. The highest BCUT2D eigenvalue weighted by atomic mass is 35.5. The van der Waals surface area contributed by atoms with Crippen LogP contribution in [0, 0.1) is 5.92 Å². The number of halogens is 1. The molecule has 1 saturated heterocycles. The Morgan fingerprint density at radius 1 is 1.43 bits per heavy atom. The Hall–Kier alpha value is -1.26. The molecule has 21 heavy (non-hydrogen) atoms. The Morgan fingerprint density at radius 2 is 2.24 bits per heavy atom. The van der Waals surface area contributed by atoms with Gasteiger partial charge in [0.1, 0.15) is 0 Å². The largest absolute Gasteiger partial charge is 0.397 e. The van der Waals surface area contributed by atoms with E-state index in [0.29, 0.717) is 22.8 Å². The summed E-state index contributed by atoms with van der Waals surface area (Å²) in [5.74, 6) is 0.788. The van der Waals surface area contributed by atoms with E-state index >= 15 is 0 Å². The lowest BCUT2D eigenvalue weighted by Gasteiger charge is -2.19. The first-order valence-corrected chi connectivity index (χ1v) is 7.99. The number of nitrogens with zero attached hydrogens (tertiary/aromatic N) is 1. The highest BCUT2D eigenvalue weighted by Crippen LogP contribution is 2.23. The lowest BCUT2D eigenvalue weighted by atomic mass is 10.0. The summed E-state index contributed by atoms with van der Waals surface area (Å²) in [5.41, 5.74) is 6.96. The van der Waals surface area contributed by atoms with E-state index in [-0.39, 0.29) is 5.91 Å². The maximum absolute atomic E-state index is 12.0. The Bertz CT molecular complexity index is 492. The molecule has 0 spiro atoms. The standard InChI is InChI=1S/C16H24ClN3O/c1-12-3-2-8-20(9-6-12)10-7-16(21)19-15-11-13(17)4-5-14(15)18/h4-5,11-12H,2-3,6-10,18H2,1H3,(H,19,21). The van der Waals surface area contributed by atoms with Crippen molar-refractivity contribution in [3.8, 4) is 0 Å². The lowest BCUT2D eigenvalue weighted by molar-refractivity contribution is -0.116. The summed E-state index contributed by atoms with van der Waals surface area (Å²) in [5, 5.41) is 3.41. The fraction of sp³-hybridized carbons (Fsp3) is 0.562. The molecule has 1 aliphatic rings. The summed E-state index contributed by atoms with van der Waals surface area (Å²) in [6.45, 7) is 5.29. The van der Waals surface area contributed by atoms with Gasteiger partial charge in [0.2, 0.25) is 5.91 Å². The van der Waals surface area contributed by atoms with Crippen LogP contribution in [0.2, 0.25) is 5.02 Å². The van der Waals surface area contributed by atoms with Gasteiger partial charge in [0.25, 0.3) is 0 Å². The Balaban J connectivity index is 1.80. The van der Waals surface area contributed by atoms with Gasteiger partial charge in [-0.3, -0.25) is 4.79 Å². The van der Waals surface area contributed by atoms with Gasteiger partial charge in [0.15, 0.2) is 0 Å². The number of likely N-dealkylation sites (tertiary alicyclic amines) is 1. The second-order valence-corrected chi connectivity index (χ2v) is 6.34. The van der Waals surface area contributed by atoms with Gasteiger partial charge in [-0.1, -0.05) is 18.5 Å². The van der Waals surface area contributed by atoms with E-state index in [1.54, 1.807) is 18.2 Å². The number of rotatable bonds is 4. The maximum atomic E-state index is 12.0. The molecule has 5 heteroatoms. The molecule has 1 amide bonds. The van der Waals surface area contributed by atoms with Crippen LogP contribution in [0.25, 0.3) is 0 Å². The SMILES string of the molecule is CC1CCCN(CCC(=O)Nc2cc(Cl)ccc2N)CC1. The zero-order chi connectivity index (χ0) is 15.2. The van der Waals surface area contributed by atoms with Crippen LogP contribution in [0.3, 0.4) is 0 Å². The van der Waals surface area contributed by atoms with E-state index < -0.39 is 0 Å². The molecule has 2 rings (SSSR count). The Labute approximate surface area is 131 Å². The number of benzene rings is 1. The summed E-state index contributed by atoms with van der Waals surface area (Å²) in [6.07, 6.45) is 4.23. The number of hydrogen-bond acceptors (Lipinski definition) is 3. The van der Waals surface area contributed by atoms with Crippen LogP contribution in [0.1, 0.15) is 32.6 Å². The molecule has 1 heterocycles. The minimum atomic E-state index is -0.0127. The maximum Gasteiger partial charge on any atom is 0.225 e. The molecule has 1 aromatic carbocycles. The third-order valence-electron chi connectivity index (χ3n) is 4.05. The molecule has 1 fully saturated rings. The number of nitrogens with two attached hydrogens (primary N) is 1. The van der Waals surface area contributed by atoms with E-state index in [4.69, 9.17) is 17.3 Å². The third kappa shape index (κ3) is 5.21. The average Bonchev–Trinajstić information content (AvgIpc) is 2.65. The number of hydrogen-bond donors (Lipinski definition) is 2. The zero-order valence-electron chi connectivity index (χ0n) is 12.6. The van der Waals surface area contributed by atoms with Crippen LogP contribution < -0.4 is 11.1 Å². The molecule has 1 unspecified atom stereocenters. The molecule has 0 bridgehead atoms. The van der Waals surface area contributed by atoms with Crippen molar-refractivity contribution in [3.63, 3.8) is 0 Å². The summed E-state index contributed by atoms with van der Waals surface area (Å²) in [4.78, 5) is 14.4. The molecule has 4 nitrogen and oxygen atoms in total. The molecule has 0 aromatic heterocycles. The van der Waals surface area contributed by atoms with Crippen LogP contribution in [0.15, 0.2) is 18.2 Å². The molecule has 0 radical (unpaired) electrons.